The Morgan fingerprint density at radius 1 is 1.64 bits per heavy atom. The number of nitrogens with zero attached hydrogens (tertiary/aromatic N) is 1. The Morgan fingerprint density at radius 3 is 2.43 bits per heavy atom. The number of pyridine rings is 1. The molecule has 0 fully saturated rings. The van der Waals surface area contributed by atoms with Crippen molar-refractivity contribution in [3.05, 3.63) is 30.1 Å². The summed E-state index contributed by atoms with van der Waals surface area (Å²) in [6, 6.07) is 3.64. The topological polar surface area (TPSA) is 91.1 Å². The Morgan fingerprint density at radius 2 is 2.21 bits per heavy atom. The molecule has 1 aromatic heterocycles. The Bertz CT molecular complexity index is 361. The maximum absolute atomic E-state index is 9.56. The molecular formula is C8H12N2O3S. The van der Waals surface area contributed by atoms with Gasteiger partial charge in [-0.15, -0.1) is 0 Å². The molecule has 0 aliphatic carbocycles. The summed E-state index contributed by atoms with van der Waals surface area (Å²) in [5.74, 6) is -0.201. The van der Waals surface area contributed by atoms with Gasteiger partial charge in [0.25, 0.3) is 10.1 Å². The molecule has 0 atom stereocenters. The fourth-order valence-electron chi connectivity index (χ4n) is 0.461. The molecule has 0 radical (unpaired) electrons. The minimum Gasteiger partial charge on any atom is -0.308 e. The third-order valence-electron chi connectivity index (χ3n) is 1.22. The van der Waals surface area contributed by atoms with Crippen LogP contribution in [-0.2, 0) is 10.1 Å². The third-order valence-corrected chi connectivity index (χ3v) is 1.95. The van der Waals surface area contributed by atoms with Crippen LogP contribution in [0.3, 0.4) is 0 Å². The molecule has 0 unspecified atom stereocenters. The molecule has 0 aliphatic rings. The van der Waals surface area contributed by atoms with Crippen molar-refractivity contribution in [3.8, 4) is 0 Å². The standard InChI is InChI=1S/C6H6N2.C2H6O3S/c7-4-6-2-1-3-8-5-6;1-2-6(3,4)5/h1-5,7H;2H2,1H3,(H,3,4,5). The lowest BCUT2D eigenvalue weighted by Crippen LogP contribution is -1.97. The molecule has 14 heavy (non-hydrogen) atoms. The van der Waals surface area contributed by atoms with Gasteiger partial charge in [0.05, 0.1) is 5.75 Å². The lowest BCUT2D eigenvalue weighted by atomic mass is 10.3. The van der Waals surface area contributed by atoms with E-state index in [2.05, 4.69) is 4.98 Å². The van der Waals surface area contributed by atoms with Crippen LogP contribution in [0.4, 0.5) is 0 Å². The van der Waals surface area contributed by atoms with Gasteiger partial charge in [0.2, 0.25) is 0 Å². The highest BCUT2D eigenvalue weighted by molar-refractivity contribution is 7.85. The van der Waals surface area contributed by atoms with Crippen LogP contribution < -0.4 is 0 Å². The molecule has 1 heterocycles. The maximum atomic E-state index is 9.56. The zero-order valence-electron chi connectivity index (χ0n) is 7.71. The summed E-state index contributed by atoms with van der Waals surface area (Å²) in [5.41, 5.74) is 0.840. The zero-order valence-corrected chi connectivity index (χ0v) is 8.53. The number of hydrogen-bond acceptors (Lipinski definition) is 4. The highest BCUT2D eigenvalue weighted by atomic mass is 32.2. The SMILES string of the molecule is CCS(=O)(=O)O.N=Cc1cccnc1. The summed E-state index contributed by atoms with van der Waals surface area (Å²) < 4.78 is 26.9. The average molecular weight is 216 g/mol. The molecule has 0 aromatic carbocycles. The van der Waals surface area contributed by atoms with Crippen LogP contribution in [0.5, 0.6) is 0 Å². The van der Waals surface area contributed by atoms with E-state index in [1.165, 1.54) is 13.1 Å². The van der Waals surface area contributed by atoms with Crippen LogP contribution >= 0.6 is 0 Å². The van der Waals surface area contributed by atoms with Gasteiger partial charge in [-0.25, -0.2) is 0 Å². The summed E-state index contributed by atoms with van der Waals surface area (Å²) in [6.07, 6.45) is 4.60. The van der Waals surface area contributed by atoms with E-state index < -0.39 is 10.1 Å². The summed E-state index contributed by atoms with van der Waals surface area (Å²) in [6.45, 7) is 1.37. The van der Waals surface area contributed by atoms with Crippen LogP contribution in [0.2, 0.25) is 0 Å². The van der Waals surface area contributed by atoms with Crippen LogP contribution in [0.1, 0.15) is 12.5 Å². The van der Waals surface area contributed by atoms with Crippen molar-refractivity contribution in [1.82, 2.24) is 4.98 Å². The molecule has 1 aromatic rings. The minimum atomic E-state index is -3.66. The second-order valence-corrected chi connectivity index (χ2v) is 4.04. The molecule has 2 N–H and O–H groups in total. The molecule has 6 heteroatoms. The number of aromatic nitrogens is 1. The molecular weight excluding hydrogens is 204 g/mol. The number of nitrogens with one attached hydrogen (secondary N) is 1. The van der Waals surface area contributed by atoms with E-state index in [1.54, 1.807) is 18.5 Å². The van der Waals surface area contributed by atoms with Crippen molar-refractivity contribution >= 4 is 16.3 Å². The lowest BCUT2D eigenvalue weighted by molar-refractivity contribution is 0.484. The van der Waals surface area contributed by atoms with Crippen molar-refractivity contribution in [2.24, 2.45) is 0 Å². The van der Waals surface area contributed by atoms with E-state index in [4.69, 9.17) is 9.96 Å². The molecule has 0 saturated carbocycles. The quantitative estimate of drug-likeness (QED) is 0.569. The first kappa shape index (κ1) is 12.7. The number of hydrogen-bond donors (Lipinski definition) is 2. The normalized spacial score (nSPS) is 9.86. The van der Waals surface area contributed by atoms with E-state index in [0.717, 1.165) is 5.56 Å². The second kappa shape index (κ2) is 6.22. The van der Waals surface area contributed by atoms with E-state index in [1.807, 2.05) is 6.07 Å². The maximum Gasteiger partial charge on any atom is 0.264 e. The van der Waals surface area contributed by atoms with Gasteiger partial charge in [0, 0.05) is 24.2 Å². The smallest absolute Gasteiger partial charge is 0.264 e. The average Bonchev–Trinajstić information content (AvgIpc) is 2.19. The predicted octanol–water partition coefficient (Wildman–Crippen LogP) is 0.973. The Hall–Kier alpha value is -1.27. The van der Waals surface area contributed by atoms with Crippen LogP contribution in [0.25, 0.3) is 0 Å². The Labute approximate surface area is 83.1 Å². The molecule has 0 spiro atoms. The van der Waals surface area contributed by atoms with Crippen molar-refractivity contribution in [2.45, 2.75) is 6.92 Å². The van der Waals surface area contributed by atoms with Gasteiger partial charge in [-0.1, -0.05) is 6.07 Å². The number of rotatable bonds is 2. The fourth-order valence-corrected chi connectivity index (χ4v) is 0.461. The predicted molar refractivity (Wildman–Crippen MR) is 54.2 cm³/mol. The largest absolute Gasteiger partial charge is 0.308 e. The van der Waals surface area contributed by atoms with E-state index >= 15 is 0 Å². The van der Waals surface area contributed by atoms with E-state index in [0.29, 0.717) is 0 Å². The van der Waals surface area contributed by atoms with Crippen LogP contribution in [-0.4, -0.2) is 29.9 Å². The molecule has 0 amide bonds. The monoisotopic (exact) mass is 216 g/mol. The first-order chi connectivity index (χ1) is 6.49. The first-order valence-corrected chi connectivity index (χ1v) is 5.46. The van der Waals surface area contributed by atoms with E-state index in [9.17, 15) is 8.42 Å². The molecule has 0 saturated heterocycles. The van der Waals surface area contributed by atoms with Gasteiger partial charge in [-0.05, 0) is 13.0 Å². The lowest BCUT2D eigenvalue weighted by Gasteiger charge is -1.83. The van der Waals surface area contributed by atoms with Crippen molar-refractivity contribution < 1.29 is 13.0 Å². The molecule has 0 aliphatic heterocycles. The van der Waals surface area contributed by atoms with Gasteiger partial charge in [-0.2, -0.15) is 8.42 Å². The van der Waals surface area contributed by atoms with Gasteiger partial charge >= 0.3 is 0 Å². The van der Waals surface area contributed by atoms with Crippen LogP contribution in [0, 0.1) is 5.41 Å². The third kappa shape index (κ3) is 7.38. The fraction of sp³-hybridized carbons (Fsp3) is 0.250. The highest BCUT2D eigenvalue weighted by Gasteiger charge is 1.93. The van der Waals surface area contributed by atoms with Gasteiger partial charge < -0.3 is 5.41 Å². The van der Waals surface area contributed by atoms with Gasteiger partial charge in [0.1, 0.15) is 0 Å². The second-order valence-electron chi connectivity index (χ2n) is 2.30. The summed E-state index contributed by atoms with van der Waals surface area (Å²) in [4.78, 5) is 3.80. The van der Waals surface area contributed by atoms with Crippen molar-refractivity contribution in [2.75, 3.05) is 5.75 Å². The molecule has 5 nitrogen and oxygen atoms in total. The van der Waals surface area contributed by atoms with Crippen molar-refractivity contribution in [3.63, 3.8) is 0 Å². The van der Waals surface area contributed by atoms with E-state index in [-0.39, 0.29) is 5.75 Å². The minimum absolute atomic E-state index is 0.201. The van der Waals surface area contributed by atoms with Gasteiger partial charge in [-0.3, -0.25) is 9.54 Å². The van der Waals surface area contributed by atoms with Crippen LogP contribution in [0.15, 0.2) is 24.5 Å². The highest BCUT2D eigenvalue weighted by Crippen LogP contribution is 1.87. The Kier molecular flexibility index (Phi) is 5.66. The molecule has 0 bridgehead atoms. The molecule has 78 valence electrons. The summed E-state index contributed by atoms with van der Waals surface area (Å²) >= 11 is 0. The summed E-state index contributed by atoms with van der Waals surface area (Å²) in [7, 11) is -3.66. The summed E-state index contributed by atoms with van der Waals surface area (Å²) in [5, 5.41) is 6.78. The first-order valence-electron chi connectivity index (χ1n) is 3.85. The molecule has 1 rings (SSSR count). The van der Waals surface area contributed by atoms with Gasteiger partial charge in [0.15, 0.2) is 0 Å². The van der Waals surface area contributed by atoms with Crippen molar-refractivity contribution in [1.29, 1.82) is 5.41 Å². The zero-order chi connectivity index (χ0) is 11.0. The Balaban J connectivity index is 0.000000255.